The molecule has 0 spiro atoms. The number of urea groups is 1. The van der Waals surface area contributed by atoms with Gasteiger partial charge in [0.25, 0.3) is 5.91 Å². The fourth-order valence-corrected chi connectivity index (χ4v) is 2.19. The Hall–Kier alpha value is -2.83. The van der Waals surface area contributed by atoms with Gasteiger partial charge in [0.05, 0.1) is 12.2 Å². The molecule has 2 aromatic rings. The molecule has 1 aliphatic carbocycles. The fraction of sp³-hybridized carbons (Fsp3) is 0.353. The van der Waals surface area contributed by atoms with Crippen molar-refractivity contribution in [3.05, 3.63) is 47.2 Å². The number of nitrogens with one attached hydrogen (secondary N) is 3. The van der Waals surface area contributed by atoms with E-state index >= 15 is 0 Å². The maximum atomic E-state index is 12.2. The van der Waals surface area contributed by atoms with Gasteiger partial charge in [-0.25, -0.2) is 9.78 Å². The molecule has 7 nitrogen and oxygen atoms in total. The molecule has 1 heterocycles. The van der Waals surface area contributed by atoms with E-state index < -0.39 is 0 Å². The molecule has 0 bridgehead atoms. The Balaban J connectivity index is 1.57. The predicted molar refractivity (Wildman–Crippen MR) is 88.8 cm³/mol. The first-order chi connectivity index (χ1) is 11.5. The van der Waals surface area contributed by atoms with Crippen molar-refractivity contribution in [3.8, 4) is 0 Å². The topological polar surface area (TPSA) is 96.3 Å². The third-order valence-corrected chi connectivity index (χ3v) is 3.77. The van der Waals surface area contributed by atoms with Crippen LogP contribution in [0.2, 0.25) is 0 Å². The van der Waals surface area contributed by atoms with Gasteiger partial charge in [-0.1, -0.05) is 6.07 Å². The molecule has 1 aromatic carbocycles. The summed E-state index contributed by atoms with van der Waals surface area (Å²) in [6, 6.07) is 6.81. The molecule has 0 radical (unpaired) electrons. The molecule has 0 aliphatic heterocycles. The summed E-state index contributed by atoms with van der Waals surface area (Å²) in [4.78, 5) is 28.2. The van der Waals surface area contributed by atoms with Crippen molar-refractivity contribution in [3.63, 3.8) is 0 Å². The zero-order chi connectivity index (χ0) is 17.1. The molecule has 3 rings (SSSR count). The summed E-state index contributed by atoms with van der Waals surface area (Å²) in [5, 5.41) is 8.32. The van der Waals surface area contributed by atoms with Crippen molar-refractivity contribution in [2.24, 2.45) is 0 Å². The molecular weight excluding hydrogens is 308 g/mol. The number of hydrogen-bond acceptors (Lipinski definition) is 4. The molecule has 0 unspecified atom stereocenters. The Kier molecular flexibility index (Phi) is 4.50. The molecule has 1 aliphatic rings. The Labute approximate surface area is 139 Å². The van der Waals surface area contributed by atoms with Gasteiger partial charge in [-0.3, -0.25) is 4.79 Å². The average Bonchev–Trinajstić information content (AvgIpc) is 3.29. The number of amides is 3. The molecule has 3 N–H and O–H groups in total. The van der Waals surface area contributed by atoms with E-state index in [0.29, 0.717) is 17.1 Å². The van der Waals surface area contributed by atoms with Crippen LogP contribution in [0.1, 0.15) is 40.5 Å². The highest BCUT2D eigenvalue weighted by Crippen LogP contribution is 2.19. The number of rotatable bonds is 5. The van der Waals surface area contributed by atoms with E-state index in [4.69, 9.17) is 4.42 Å². The molecule has 1 aromatic heterocycles. The Morgan fingerprint density at radius 1 is 1.29 bits per heavy atom. The fourth-order valence-electron chi connectivity index (χ4n) is 2.19. The van der Waals surface area contributed by atoms with Crippen LogP contribution in [0, 0.1) is 13.8 Å². The third-order valence-electron chi connectivity index (χ3n) is 3.77. The van der Waals surface area contributed by atoms with Crippen LogP contribution in [0.15, 0.2) is 28.7 Å². The number of aryl methyl sites for hydroxylation is 2. The van der Waals surface area contributed by atoms with Crippen molar-refractivity contribution in [1.82, 2.24) is 15.6 Å². The van der Waals surface area contributed by atoms with Crippen molar-refractivity contribution >= 4 is 17.6 Å². The summed E-state index contributed by atoms with van der Waals surface area (Å²) < 4.78 is 5.43. The smallest absolute Gasteiger partial charge is 0.319 e. The quantitative estimate of drug-likeness (QED) is 0.785. The van der Waals surface area contributed by atoms with Crippen molar-refractivity contribution in [2.45, 2.75) is 39.3 Å². The van der Waals surface area contributed by atoms with Crippen LogP contribution >= 0.6 is 0 Å². The number of nitrogens with zero attached hydrogens (tertiary/aromatic N) is 1. The summed E-state index contributed by atoms with van der Waals surface area (Å²) in [5.41, 5.74) is 1.84. The monoisotopic (exact) mass is 328 g/mol. The van der Waals surface area contributed by atoms with Crippen molar-refractivity contribution in [1.29, 1.82) is 0 Å². The highest BCUT2D eigenvalue weighted by Gasteiger charge is 2.23. The average molecular weight is 328 g/mol. The van der Waals surface area contributed by atoms with Crippen LogP contribution in [0.3, 0.4) is 0 Å². The van der Waals surface area contributed by atoms with Crippen molar-refractivity contribution in [2.75, 3.05) is 5.32 Å². The lowest BCUT2D eigenvalue weighted by molar-refractivity contribution is 0.0947. The molecule has 24 heavy (non-hydrogen) atoms. The number of hydrogen-bond donors (Lipinski definition) is 3. The molecule has 1 fully saturated rings. The number of benzene rings is 1. The number of aromatic nitrogens is 1. The maximum absolute atomic E-state index is 12.2. The molecule has 1 saturated carbocycles. The zero-order valence-electron chi connectivity index (χ0n) is 13.7. The van der Waals surface area contributed by atoms with E-state index in [-0.39, 0.29) is 24.5 Å². The predicted octanol–water partition coefficient (Wildman–Crippen LogP) is 2.51. The van der Waals surface area contributed by atoms with Gasteiger partial charge in [-0.2, -0.15) is 0 Å². The highest BCUT2D eigenvalue weighted by molar-refractivity contribution is 5.96. The van der Waals surface area contributed by atoms with Crippen LogP contribution in [0.25, 0.3) is 0 Å². The van der Waals surface area contributed by atoms with Gasteiger partial charge in [-0.15, -0.1) is 0 Å². The second-order valence-electron chi connectivity index (χ2n) is 5.89. The lowest BCUT2D eigenvalue weighted by atomic mass is 10.2. The van der Waals surface area contributed by atoms with Crippen molar-refractivity contribution < 1.29 is 14.0 Å². The summed E-state index contributed by atoms with van der Waals surface area (Å²) in [6.07, 6.45) is 2.05. The molecule has 7 heteroatoms. The number of anilines is 1. The largest absolute Gasteiger partial charge is 0.444 e. The van der Waals surface area contributed by atoms with Crippen LogP contribution in [-0.4, -0.2) is 23.0 Å². The summed E-state index contributed by atoms with van der Waals surface area (Å²) in [6.45, 7) is 3.90. The first kappa shape index (κ1) is 16.0. The number of carbonyl (C=O) groups excluding carboxylic acids is 2. The van der Waals surface area contributed by atoms with E-state index in [0.717, 1.165) is 24.3 Å². The lowest BCUT2D eigenvalue weighted by Gasteiger charge is -2.08. The SMILES string of the molecule is Cc1nc(CNC(=O)c2cccc(NC(=O)NC3CC3)c2)oc1C. The Morgan fingerprint density at radius 2 is 2.08 bits per heavy atom. The minimum atomic E-state index is -0.255. The normalized spacial score (nSPS) is 13.4. The molecular formula is C17H20N4O3. The molecule has 0 atom stereocenters. The minimum absolute atomic E-state index is 0.216. The van der Waals surface area contributed by atoms with Crippen LogP contribution in [0.5, 0.6) is 0 Å². The Bertz CT molecular complexity index is 745. The van der Waals surface area contributed by atoms with E-state index in [1.165, 1.54) is 0 Å². The van der Waals surface area contributed by atoms with Gasteiger partial charge >= 0.3 is 6.03 Å². The third kappa shape index (κ3) is 4.13. The summed E-state index contributed by atoms with van der Waals surface area (Å²) >= 11 is 0. The van der Waals surface area contributed by atoms with Gasteiger partial charge in [-0.05, 0) is 44.9 Å². The van der Waals surface area contributed by atoms with E-state index in [9.17, 15) is 9.59 Å². The molecule has 3 amide bonds. The second kappa shape index (κ2) is 6.74. The summed E-state index contributed by atoms with van der Waals surface area (Å²) in [7, 11) is 0. The van der Waals surface area contributed by atoms with E-state index in [1.54, 1.807) is 24.3 Å². The van der Waals surface area contributed by atoms with Gasteiger partial charge in [0.1, 0.15) is 5.76 Å². The lowest BCUT2D eigenvalue weighted by Crippen LogP contribution is -2.30. The number of oxazole rings is 1. The molecule has 0 saturated heterocycles. The van der Waals surface area contributed by atoms with Crippen LogP contribution in [0.4, 0.5) is 10.5 Å². The number of carbonyl (C=O) groups is 2. The van der Waals surface area contributed by atoms with Gasteiger partial charge in [0.2, 0.25) is 5.89 Å². The van der Waals surface area contributed by atoms with Gasteiger partial charge in [0.15, 0.2) is 0 Å². The first-order valence-electron chi connectivity index (χ1n) is 7.90. The summed E-state index contributed by atoms with van der Waals surface area (Å²) in [5.74, 6) is 0.957. The van der Waals surface area contributed by atoms with Gasteiger partial charge in [0, 0.05) is 17.3 Å². The first-order valence-corrected chi connectivity index (χ1v) is 7.90. The zero-order valence-corrected chi connectivity index (χ0v) is 13.7. The van der Waals surface area contributed by atoms with E-state index in [2.05, 4.69) is 20.9 Å². The maximum Gasteiger partial charge on any atom is 0.319 e. The van der Waals surface area contributed by atoms with Gasteiger partial charge < -0.3 is 20.4 Å². The minimum Gasteiger partial charge on any atom is -0.444 e. The Morgan fingerprint density at radius 3 is 2.75 bits per heavy atom. The second-order valence-corrected chi connectivity index (χ2v) is 5.89. The van der Waals surface area contributed by atoms with Crippen LogP contribution in [-0.2, 0) is 6.54 Å². The van der Waals surface area contributed by atoms with E-state index in [1.807, 2.05) is 13.8 Å². The highest BCUT2D eigenvalue weighted by atomic mass is 16.4. The van der Waals surface area contributed by atoms with Crippen LogP contribution < -0.4 is 16.0 Å². The molecule has 126 valence electrons. The standard InChI is InChI=1S/C17H20N4O3/c1-10-11(2)24-15(19-10)9-18-16(22)12-4-3-5-14(8-12)21-17(23)20-13-6-7-13/h3-5,8,13H,6-7,9H2,1-2H3,(H,18,22)(H2,20,21,23).